The fourth-order valence-corrected chi connectivity index (χ4v) is 3.18. The summed E-state index contributed by atoms with van der Waals surface area (Å²) in [5.74, 6) is -0.698. The van der Waals surface area contributed by atoms with Crippen LogP contribution in [0.1, 0.15) is 12.0 Å². The van der Waals surface area contributed by atoms with Gasteiger partial charge in [0, 0.05) is 12.5 Å². The second kappa shape index (κ2) is 7.41. The van der Waals surface area contributed by atoms with Crippen LogP contribution in [0.4, 0.5) is 5.69 Å². The van der Waals surface area contributed by atoms with Crippen molar-refractivity contribution in [1.82, 2.24) is 4.72 Å². The van der Waals surface area contributed by atoms with E-state index in [9.17, 15) is 23.3 Å². The Bertz CT molecular complexity index is 869. The second-order valence-corrected chi connectivity index (χ2v) is 6.97. The van der Waals surface area contributed by atoms with Crippen molar-refractivity contribution in [2.24, 2.45) is 0 Å². The molecule has 1 N–H and O–H groups in total. The molecule has 0 unspecified atom stereocenters. The van der Waals surface area contributed by atoms with Gasteiger partial charge in [-0.15, -0.1) is 0 Å². The first-order valence-corrected chi connectivity index (χ1v) is 8.69. The molecule has 0 saturated carbocycles. The van der Waals surface area contributed by atoms with Crippen LogP contribution < -0.4 is 4.72 Å². The minimum absolute atomic E-state index is 0.0288. The maximum atomic E-state index is 12.1. The summed E-state index contributed by atoms with van der Waals surface area (Å²) in [6.45, 7) is 0. The molecule has 24 heavy (non-hydrogen) atoms. The average Bonchev–Trinajstić information content (AvgIpc) is 2.53. The van der Waals surface area contributed by atoms with E-state index in [2.05, 4.69) is 0 Å². The third-order valence-corrected chi connectivity index (χ3v) is 4.85. The van der Waals surface area contributed by atoms with Crippen LogP contribution in [0.25, 0.3) is 0 Å². The van der Waals surface area contributed by atoms with Gasteiger partial charge in [-0.2, -0.15) is 0 Å². The Morgan fingerprint density at radius 3 is 2.46 bits per heavy atom. The predicted molar refractivity (Wildman–Crippen MR) is 88.2 cm³/mol. The van der Waals surface area contributed by atoms with Crippen molar-refractivity contribution in [3.63, 3.8) is 0 Å². The minimum atomic E-state index is -4.20. The van der Waals surface area contributed by atoms with Gasteiger partial charge in [0.25, 0.3) is 15.7 Å². The van der Waals surface area contributed by atoms with Crippen molar-refractivity contribution in [3.05, 3.63) is 69.2 Å². The number of amides is 1. The third kappa shape index (κ3) is 4.53. The Kier molecular flexibility index (Phi) is 5.53. The van der Waals surface area contributed by atoms with Crippen LogP contribution >= 0.6 is 11.6 Å². The monoisotopic (exact) mass is 368 g/mol. The topological polar surface area (TPSA) is 106 Å². The van der Waals surface area contributed by atoms with E-state index in [0.29, 0.717) is 6.42 Å². The zero-order valence-corrected chi connectivity index (χ0v) is 13.9. The van der Waals surface area contributed by atoms with Gasteiger partial charge in [0.1, 0.15) is 5.02 Å². The molecule has 0 aromatic heterocycles. The smallest absolute Gasteiger partial charge is 0.274 e. The van der Waals surface area contributed by atoms with Gasteiger partial charge in [0.15, 0.2) is 0 Å². The van der Waals surface area contributed by atoms with Crippen LogP contribution in [0.15, 0.2) is 53.4 Å². The van der Waals surface area contributed by atoms with Crippen molar-refractivity contribution >= 4 is 33.2 Å². The van der Waals surface area contributed by atoms with Gasteiger partial charge in [-0.1, -0.05) is 41.9 Å². The van der Waals surface area contributed by atoms with Gasteiger partial charge in [-0.25, -0.2) is 13.1 Å². The molecule has 2 aromatic rings. The fraction of sp³-hybridized carbons (Fsp3) is 0.133. The van der Waals surface area contributed by atoms with E-state index < -0.39 is 31.4 Å². The van der Waals surface area contributed by atoms with Crippen LogP contribution in [0.5, 0.6) is 0 Å². The molecule has 9 heteroatoms. The van der Waals surface area contributed by atoms with Crippen molar-refractivity contribution in [2.45, 2.75) is 17.7 Å². The summed E-state index contributed by atoms with van der Waals surface area (Å²) >= 11 is 5.64. The van der Waals surface area contributed by atoms with Crippen LogP contribution in [-0.4, -0.2) is 19.2 Å². The predicted octanol–water partition coefficient (Wildman–Crippen LogP) is 2.69. The summed E-state index contributed by atoms with van der Waals surface area (Å²) in [5.41, 5.74) is 0.350. The molecule has 2 rings (SSSR count). The number of benzene rings is 2. The first-order valence-electron chi connectivity index (χ1n) is 6.83. The van der Waals surface area contributed by atoms with Crippen LogP contribution in [0.3, 0.4) is 0 Å². The highest BCUT2D eigenvalue weighted by Gasteiger charge is 2.22. The molecule has 126 valence electrons. The highest BCUT2D eigenvalue weighted by atomic mass is 35.5. The quantitative estimate of drug-likeness (QED) is 0.623. The summed E-state index contributed by atoms with van der Waals surface area (Å²) in [5, 5.41) is 10.6. The summed E-state index contributed by atoms with van der Waals surface area (Å²) in [7, 11) is -4.20. The number of nitrogens with zero attached hydrogens (tertiary/aromatic N) is 1. The number of carbonyl (C=O) groups excluding carboxylic acids is 1. The number of carbonyl (C=O) groups is 1. The Morgan fingerprint density at radius 2 is 1.83 bits per heavy atom. The molecule has 1 amide bonds. The molecule has 0 heterocycles. The van der Waals surface area contributed by atoms with E-state index in [1.165, 1.54) is 0 Å². The molecule has 0 radical (unpaired) electrons. The first kappa shape index (κ1) is 17.9. The Labute approximate surface area is 143 Å². The third-order valence-electron chi connectivity index (χ3n) is 3.16. The maximum absolute atomic E-state index is 12.1. The molecule has 0 aliphatic carbocycles. The zero-order valence-electron chi connectivity index (χ0n) is 12.3. The number of rotatable bonds is 6. The van der Waals surface area contributed by atoms with E-state index in [1.54, 1.807) is 0 Å². The Balaban J connectivity index is 2.09. The first-order chi connectivity index (χ1) is 11.3. The zero-order chi connectivity index (χ0) is 17.7. The number of hydrogen-bond acceptors (Lipinski definition) is 5. The van der Waals surface area contributed by atoms with Gasteiger partial charge >= 0.3 is 0 Å². The Hall–Kier alpha value is -2.45. The van der Waals surface area contributed by atoms with Gasteiger partial charge in [0.05, 0.1) is 9.82 Å². The largest absolute Gasteiger partial charge is 0.289 e. The average molecular weight is 369 g/mol. The minimum Gasteiger partial charge on any atom is -0.274 e. The van der Waals surface area contributed by atoms with Crippen molar-refractivity contribution < 1.29 is 18.1 Å². The van der Waals surface area contributed by atoms with E-state index in [4.69, 9.17) is 11.6 Å². The van der Waals surface area contributed by atoms with E-state index >= 15 is 0 Å². The molecule has 2 aromatic carbocycles. The lowest BCUT2D eigenvalue weighted by molar-refractivity contribution is -0.384. The number of aryl methyl sites for hydroxylation is 1. The normalized spacial score (nSPS) is 11.0. The summed E-state index contributed by atoms with van der Waals surface area (Å²) in [4.78, 5) is 21.5. The lowest BCUT2D eigenvalue weighted by Gasteiger charge is -2.07. The number of hydrogen-bond donors (Lipinski definition) is 1. The number of sulfonamides is 1. The molecule has 0 bridgehead atoms. The van der Waals surface area contributed by atoms with Crippen molar-refractivity contribution in [1.29, 1.82) is 0 Å². The molecule has 0 aliphatic heterocycles. The SMILES string of the molecule is O=C(CCc1ccccc1)NS(=O)(=O)c1ccc(Cl)c([N+](=O)[O-])c1. The van der Waals surface area contributed by atoms with E-state index in [1.807, 2.05) is 35.1 Å². The van der Waals surface area contributed by atoms with Crippen molar-refractivity contribution in [3.8, 4) is 0 Å². The highest BCUT2D eigenvalue weighted by molar-refractivity contribution is 7.90. The number of nitro benzene ring substituents is 1. The van der Waals surface area contributed by atoms with Gasteiger partial charge < -0.3 is 0 Å². The second-order valence-electron chi connectivity index (χ2n) is 4.88. The maximum Gasteiger partial charge on any atom is 0.289 e. The van der Waals surface area contributed by atoms with Gasteiger partial charge in [-0.05, 0) is 24.1 Å². The number of halogens is 1. The van der Waals surface area contributed by atoms with Crippen LogP contribution in [0.2, 0.25) is 5.02 Å². The van der Waals surface area contributed by atoms with Crippen LogP contribution in [0, 0.1) is 10.1 Å². The fourth-order valence-electron chi connectivity index (χ4n) is 1.96. The van der Waals surface area contributed by atoms with E-state index in [0.717, 1.165) is 23.8 Å². The van der Waals surface area contributed by atoms with E-state index in [-0.39, 0.29) is 11.4 Å². The summed E-state index contributed by atoms with van der Waals surface area (Å²) in [6, 6.07) is 12.1. The summed E-state index contributed by atoms with van der Waals surface area (Å²) in [6.07, 6.45) is 0.349. The lowest BCUT2D eigenvalue weighted by atomic mass is 10.1. The van der Waals surface area contributed by atoms with Gasteiger partial charge in [-0.3, -0.25) is 14.9 Å². The van der Waals surface area contributed by atoms with Crippen molar-refractivity contribution in [2.75, 3.05) is 0 Å². The molecule has 0 aliphatic rings. The lowest BCUT2D eigenvalue weighted by Crippen LogP contribution is -2.30. The molecule has 0 atom stereocenters. The number of nitrogens with one attached hydrogen (secondary N) is 1. The molecule has 0 fully saturated rings. The standard InChI is InChI=1S/C15H13ClN2O5S/c16-13-8-7-12(10-14(13)18(20)21)24(22,23)17-15(19)9-6-11-4-2-1-3-5-11/h1-5,7-8,10H,6,9H2,(H,17,19). The molecular weight excluding hydrogens is 356 g/mol. The van der Waals surface area contributed by atoms with Crippen LogP contribution in [-0.2, 0) is 21.2 Å². The Morgan fingerprint density at radius 1 is 1.17 bits per heavy atom. The molecule has 0 saturated heterocycles. The number of nitro groups is 1. The molecule has 7 nitrogen and oxygen atoms in total. The molecular formula is C15H13ClN2O5S. The summed E-state index contributed by atoms with van der Waals surface area (Å²) < 4.78 is 26.2. The highest BCUT2D eigenvalue weighted by Crippen LogP contribution is 2.26. The molecule has 0 spiro atoms. The van der Waals surface area contributed by atoms with Gasteiger partial charge in [0.2, 0.25) is 5.91 Å².